The smallest absolute Gasteiger partial charge is 0.409 e. The van der Waals surface area contributed by atoms with E-state index in [-0.39, 0.29) is 17.9 Å². The number of hydrogen-bond acceptors (Lipinski definition) is 3. The minimum atomic E-state index is -1.63. The van der Waals surface area contributed by atoms with Crippen molar-refractivity contribution in [2.24, 2.45) is 5.92 Å². The van der Waals surface area contributed by atoms with Crippen LogP contribution in [-0.4, -0.2) is 46.6 Å². The first-order valence-electron chi connectivity index (χ1n) is 11.4. The van der Waals surface area contributed by atoms with Gasteiger partial charge in [-0.05, 0) is 67.0 Å². The molecule has 1 fully saturated rings. The number of hydrogen-bond donors (Lipinski definition) is 1. The van der Waals surface area contributed by atoms with Gasteiger partial charge in [0.05, 0.1) is 7.11 Å². The summed E-state index contributed by atoms with van der Waals surface area (Å²) in [5.74, 6) is 1.05. The number of aromatic amines is 1. The molecule has 2 aromatic carbocycles. The molecular weight excluding hydrogens is 495 g/mol. The van der Waals surface area contributed by atoms with E-state index in [0.717, 1.165) is 25.0 Å². The third-order valence-corrected chi connectivity index (χ3v) is 7.81. The number of piperidine rings is 1. The highest BCUT2D eigenvalue weighted by Gasteiger charge is 2.49. The van der Waals surface area contributed by atoms with Crippen LogP contribution in [0.15, 0.2) is 42.5 Å². The van der Waals surface area contributed by atoms with Crippen molar-refractivity contribution < 1.29 is 14.3 Å². The Morgan fingerprint density at radius 3 is 2.79 bits per heavy atom. The van der Waals surface area contributed by atoms with Crippen LogP contribution in [0.2, 0.25) is 0 Å². The summed E-state index contributed by atoms with van der Waals surface area (Å²) in [6.45, 7) is 3.03. The van der Waals surface area contributed by atoms with Gasteiger partial charge in [0.2, 0.25) is 3.79 Å². The van der Waals surface area contributed by atoms with E-state index in [1.54, 1.807) is 12.0 Å². The molecule has 1 N–H and O–H groups in total. The number of nitrogens with one attached hydrogen (secondary N) is 1. The molecule has 2 heterocycles. The van der Waals surface area contributed by atoms with Crippen molar-refractivity contribution in [2.45, 2.75) is 35.4 Å². The van der Waals surface area contributed by atoms with Crippen LogP contribution in [0, 0.1) is 12.8 Å². The van der Waals surface area contributed by atoms with Crippen LogP contribution in [0.5, 0.6) is 5.75 Å². The molecule has 34 heavy (non-hydrogen) atoms. The summed E-state index contributed by atoms with van der Waals surface area (Å²) < 4.78 is 9.23. The summed E-state index contributed by atoms with van der Waals surface area (Å²) in [5.41, 5.74) is 6.19. The Labute approximate surface area is 214 Å². The second kappa shape index (κ2) is 8.85. The van der Waals surface area contributed by atoms with Gasteiger partial charge in [-0.2, -0.15) is 0 Å². The van der Waals surface area contributed by atoms with Crippen molar-refractivity contribution in [3.63, 3.8) is 0 Å². The number of rotatable bonds is 3. The van der Waals surface area contributed by atoms with Gasteiger partial charge in [0.1, 0.15) is 12.4 Å². The fourth-order valence-corrected chi connectivity index (χ4v) is 6.04. The number of nitrogens with zero attached hydrogens (tertiary/aromatic N) is 1. The molecule has 0 radical (unpaired) electrons. The van der Waals surface area contributed by atoms with E-state index in [1.807, 2.05) is 12.1 Å². The lowest BCUT2D eigenvalue weighted by Crippen LogP contribution is -2.55. The predicted octanol–water partition coefficient (Wildman–Crippen LogP) is 6.35. The van der Waals surface area contributed by atoms with Gasteiger partial charge in [-0.1, -0.05) is 59.1 Å². The topological polar surface area (TPSA) is 54.6 Å². The molecule has 1 amide bonds. The summed E-state index contributed by atoms with van der Waals surface area (Å²) in [7, 11) is 1.69. The standard InChI is InChI=1S/C26H27Cl3N2O3/c1-16-5-3-8-21-23(16)20-12-18-14-31(24(32)34-15-26(27,28)29)10-9-25(18,13-22(20)30-21)17-6-4-7-19(11-17)33-2/h3-8,11,18,30H,9-10,12-15H2,1-2H3/t18?,25-/m1/s1. The molecule has 1 aliphatic carbocycles. The number of carbonyl (C=O) groups excluding carboxylic acids is 1. The average Bonchev–Trinajstić information content (AvgIpc) is 3.18. The molecule has 1 saturated heterocycles. The SMILES string of the molecule is COc1cccc([C@]23CCN(C(=O)OCC(Cl)(Cl)Cl)CC2Cc2c([nH]c4cccc(C)c24)C3)c1. The van der Waals surface area contributed by atoms with Gasteiger partial charge < -0.3 is 19.4 Å². The number of methoxy groups -OCH3 is 1. The Hall–Kier alpha value is -2.08. The molecule has 180 valence electrons. The van der Waals surface area contributed by atoms with Gasteiger partial charge in [-0.3, -0.25) is 0 Å². The molecule has 1 aliphatic heterocycles. The number of carbonyl (C=O) groups is 1. The Morgan fingerprint density at radius 1 is 1.24 bits per heavy atom. The molecule has 0 saturated carbocycles. The van der Waals surface area contributed by atoms with Crippen LogP contribution in [0.25, 0.3) is 10.9 Å². The van der Waals surface area contributed by atoms with Crippen molar-refractivity contribution in [2.75, 3.05) is 26.8 Å². The van der Waals surface area contributed by atoms with Crippen LogP contribution in [0.4, 0.5) is 4.79 Å². The molecule has 2 atom stereocenters. The van der Waals surface area contributed by atoms with E-state index in [1.165, 1.54) is 33.3 Å². The van der Waals surface area contributed by atoms with Crippen molar-refractivity contribution in [1.82, 2.24) is 9.88 Å². The quantitative estimate of drug-likeness (QED) is 0.409. The first kappa shape index (κ1) is 23.7. The Kier molecular flexibility index (Phi) is 6.16. The zero-order valence-corrected chi connectivity index (χ0v) is 21.4. The Morgan fingerprint density at radius 2 is 2.03 bits per heavy atom. The number of alkyl halides is 3. The number of fused-ring (bicyclic) bond motifs is 4. The first-order chi connectivity index (χ1) is 16.2. The minimum Gasteiger partial charge on any atom is -0.497 e. The van der Waals surface area contributed by atoms with E-state index >= 15 is 0 Å². The second-order valence-corrected chi connectivity index (χ2v) is 11.9. The van der Waals surface area contributed by atoms with Gasteiger partial charge >= 0.3 is 6.09 Å². The lowest BCUT2D eigenvalue weighted by Gasteiger charge is -2.50. The lowest BCUT2D eigenvalue weighted by molar-refractivity contribution is 0.0539. The maximum atomic E-state index is 12.8. The van der Waals surface area contributed by atoms with E-state index in [0.29, 0.717) is 13.1 Å². The van der Waals surface area contributed by atoms with Gasteiger partial charge in [0.25, 0.3) is 0 Å². The van der Waals surface area contributed by atoms with Crippen molar-refractivity contribution in [3.8, 4) is 5.75 Å². The highest BCUT2D eigenvalue weighted by Crippen LogP contribution is 2.50. The first-order valence-corrected chi connectivity index (χ1v) is 12.6. The average molecular weight is 522 g/mol. The van der Waals surface area contributed by atoms with Crippen molar-refractivity contribution in [1.29, 1.82) is 0 Å². The van der Waals surface area contributed by atoms with E-state index in [9.17, 15) is 4.79 Å². The van der Waals surface area contributed by atoms with E-state index in [2.05, 4.69) is 42.2 Å². The minimum absolute atomic E-state index is 0.123. The van der Waals surface area contributed by atoms with E-state index in [4.69, 9.17) is 44.3 Å². The molecule has 1 unspecified atom stereocenters. The van der Waals surface area contributed by atoms with Gasteiger partial charge in [0.15, 0.2) is 0 Å². The maximum absolute atomic E-state index is 12.8. The zero-order chi connectivity index (χ0) is 24.1. The molecule has 0 spiro atoms. The fraction of sp³-hybridized carbons (Fsp3) is 0.423. The molecule has 5 nitrogen and oxygen atoms in total. The maximum Gasteiger partial charge on any atom is 0.409 e. The van der Waals surface area contributed by atoms with Crippen LogP contribution < -0.4 is 4.74 Å². The number of aromatic nitrogens is 1. The Balaban J connectivity index is 1.53. The van der Waals surface area contributed by atoms with Crippen LogP contribution in [0.1, 0.15) is 28.8 Å². The lowest BCUT2D eigenvalue weighted by atomic mass is 9.58. The summed E-state index contributed by atoms with van der Waals surface area (Å²) in [6, 6.07) is 14.7. The number of ether oxygens (including phenoxy) is 2. The molecule has 5 rings (SSSR count). The molecule has 1 aromatic heterocycles. The normalized spacial score (nSPS) is 22.3. The number of likely N-dealkylation sites (tertiary alicyclic amines) is 1. The van der Waals surface area contributed by atoms with Crippen molar-refractivity contribution in [3.05, 3.63) is 64.8 Å². The predicted molar refractivity (Wildman–Crippen MR) is 136 cm³/mol. The summed E-state index contributed by atoms with van der Waals surface area (Å²) in [5, 5.41) is 1.30. The molecule has 2 aliphatic rings. The largest absolute Gasteiger partial charge is 0.497 e. The number of aryl methyl sites for hydroxylation is 1. The van der Waals surface area contributed by atoms with Crippen LogP contribution in [0.3, 0.4) is 0 Å². The Bertz CT molecular complexity index is 1240. The van der Waals surface area contributed by atoms with Crippen LogP contribution >= 0.6 is 34.8 Å². The zero-order valence-electron chi connectivity index (χ0n) is 19.2. The second-order valence-electron chi connectivity index (χ2n) is 9.41. The summed E-state index contributed by atoms with van der Waals surface area (Å²) in [4.78, 5) is 18.3. The number of benzene rings is 2. The fourth-order valence-electron chi connectivity index (χ4n) is 5.88. The van der Waals surface area contributed by atoms with Gasteiger partial charge in [-0.15, -0.1) is 0 Å². The van der Waals surface area contributed by atoms with Crippen molar-refractivity contribution >= 4 is 51.8 Å². The molecule has 0 bridgehead atoms. The highest BCUT2D eigenvalue weighted by atomic mass is 35.6. The monoisotopic (exact) mass is 520 g/mol. The molecule has 8 heteroatoms. The molecular formula is C26H27Cl3N2O3. The number of H-pyrrole nitrogens is 1. The molecule has 3 aromatic rings. The van der Waals surface area contributed by atoms with Gasteiger partial charge in [-0.25, -0.2) is 4.79 Å². The number of amides is 1. The summed E-state index contributed by atoms with van der Waals surface area (Å²) >= 11 is 17.4. The third kappa shape index (κ3) is 4.23. The van der Waals surface area contributed by atoms with Crippen LogP contribution in [-0.2, 0) is 23.0 Å². The highest BCUT2D eigenvalue weighted by molar-refractivity contribution is 6.67. The summed E-state index contributed by atoms with van der Waals surface area (Å²) in [6.07, 6.45) is 2.12. The van der Waals surface area contributed by atoms with Gasteiger partial charge in [0, 0.05) is 35.1 Å². The third-order valence-electron chi connectivity index (χ3n) is 7.48. The number of halogens is 3. The van der Waals surface area contributed by atoms with E-state index < -0.39 is 9.89 Å².